The molecule has 1 saturated heterocycles. The first-order chi connectivity index (χ1) is 11.2. The molecule has 23 heavy (non-hydrogen) atoms. The number of rotatable bonds is 6. The number of hydrogen-bond acceptors (Lipinski definition) is 2. The molecule has 2 aromatic carbocycles. The molecular weight excluding hydrogens is 287 g/mol. The van der Waals surface area contributed by atoms with Crippen molar-refractivity contribution in [2.75, 3.05) is 24.5 Å². The molecule has 0 aliphatic carbocycles. The summed E-state index contributed by atoms with van der Waals surface area (Å²) in [5.41, 5.74) is 3.09. The lowest BCUT2D eigenvalue weighted by Gasteiger charge is -2.20. The number of anilines is 1. The molecule has 2 aromatic rings. The van der Waals surface area contributed by atoms with Gasteiger partial charge in [-0.05, 0) is 56.0 Å². The number of hydrogen-bond donors (Lipinski definition) is 1. The lowest BCUT2D eigenvalue weighted by molar-refractivity contribution is 0.566. The normalized spacial score (nSPS) is 15.8. The third-order valence-corrected chi connectivity index (χ3v) is 4.63. The van der Waals surface area contributed by atoms with Crippen molar-refractivity contribution in [3.63, 3.8) is 0 Å². The Labute approximate surface area is 138 Å². The molecule has 1 fully saturated rings. The van der Waals surface area contributed by atoms with E-state index >= 15 is 0 Å². The Bertz CT molecular complexity index is 621. The quantitative estimate of drug-likeness (QED) is 0.854. The van der Waals surface area contributed by atoms with Crippen molar-refractivity contribution >= 4 is 5.69 Å². The largest absolute Gasteiger partial charge is 0.369 e. The van der Waals surface area contributed by atoms with Crippen LogP contribution >= 0.6 is 0 Å². The summed E-state index contributed by atoms with van der Waals surface area (Å²) in [7, 11) is 0. The molecule has 3 rings (SSSR count). The van der Waals surface area contributed by atoms with Crippen LogP contribution in [0.15, 0.2) is 48.5 Å². The van der Waals surface area contributed by atoms with Crippen molar-refractivity contribution < 1.29 is 4.39 Å². The molecule has 3 heteroatoms. The first-order valence-corrected chi connectivity index (χ1v) is 8.56. The number of nitrogens with zero attached hydrogens (tertiary/aromatic N) is 1. The molecule has 1 heterocycles. The fraction of sp³-hybridized carbons (Fsp3) is 0.400. The van der Waals surface area contributed by atoms with E-state index in [1.165, 1.54) is 18.4 Å². The Kier molecular flexibility index (Phi) is 5.29. The van der Waals surface area contributed by atoms with Crippen LogP contribution in [-0.4, -0.2) is 19.6 Å². The third-order valence-electron chi connectivity index (χ3n) is 4.63. The summed E-state index contributed by atoms with van der Waals surface area (Å²) in [6.07, 6.45) is 3.32. The fourth-order valence-electron chi connectivity index (χ4n) is 3.20. The summed E-state index contributed by atoms with van der Waals surface area (Å²) in [6.45, 7) is 4.93. The van der Waals surface area contributed by atoms with Gasteiger partial charge >= 0.3 is 0 Å². The van der Waals surface area contributed by atoms with E-state index in [9.17, 15) is 4.39 Å². The van der Waals surface area contributed by atoms with Crippen LogP contribution in [-0.2, 0) is 6.42 Å². The van der Waals surface area contributed by atoms with Crippen LogP contribution in [0.4, 0.5) is 10.1 Å². The Balaban J connectivity index is 1.56. The van der Waals surface area contributed by atoms with Crippen LogP contribution in [0.2, 0.25) is 0 Å². The summed E-state index contributed by atoms with van der Waals surface area (Å²) in [4.78, 5) is 2.15. The standard InChI is InChI=1S/C20H25FN2/c1-16(22-12-11-17-7-3-2-4-8-17)18-9-10-20(19(21)15-18)23-13-5-6-14-23/h2-4,7-10,15-16,22H,5-6,11-14H2,1H3/t16-/m1/s1. The van der Waals surface area contributed by atoms with Gasteiger partial charge in [0, 0.05) is 19.1 Å². The van der Waals surface area contributed by atoms with E-state index in [4.69, 9.17) is 0 Å². The predicted molar refractivity (Wildman–Crippen MR) is 94.4 cm³/mol. The van der Waals surface area contributed by atoms with Gasteiger partial charge in [0.15, 0.2) is 0 Å². The maximum Gasteiger partial charge on any atom is 0.146 e. The Morgan fingerprint density at radius 2 is 1.83 bits per heavy atom. The molecule has 0 radical (unpaired) electrons. The summed E-state index contributed by atoms with van der Waals surface area (Å²) >= 11 is 0. The zero-order valence-corrected chi connectivity index (χ0v) is 13.8. The van der Waals surface area contributed by atoms with Gasteiger partial charge in [-0.2, -0.15) is 0 Å². The lowest BCUT2D eigenvalue weighted by Crippen LogP contribution is -2.22. The highest BCUT2D eigenvalue weighted by atomic mass is 19.1. The molecule has 1 N–H and O–H groups in total. The monoisotopic (exact) mass is 312 g/mol. The van der Waals surface area contributed by atoms with Gasteiger partial charge in [0.25, 0.3) is 0 Å². The lowest BCUT2D eigenvalue weighted by atomic mass is 10.1. The van der Waals surface area contributed by atoms with Gasteiger partial charge in [0.05, 0.1) is 5.69 Å². The van der Waals surface area contributed by atoms with Crippen molar-refractivity contribution in [1.29, 1.82) is 0 Å². The van der Waals surface area contributed by atoms with E-state index in [0.717, 1.165) is 37.3 Å². The first kappa shape index (κ1) is 16.0. The van der Waals surface area contributed by atoms with Crippen molar-refractivity contribution in [2.45, 2.75) is 32.2 Å². The van der Waals surface area contributed by atoms with Gasteiger partial charge in [-0.15, -0.1) is 0 Å². The number of nitrogens with one attached hydrogen (secondary N) is 1. The molecule has 122 valence electrons. The second kappa shape index (κ2) is 7.60. The van der Waals surface area contributed by atoms with Crippen LogP contribution in [0.25, 0.3) is 0 Å². The highest BCUT2D eigenvalue weighted by molar-refractivity contribution is 5.50. The van der Waals surface area contributed by atoms with Crippen LogP contribution in [0.1, 0.15) is 36.9 Å². The van der Waals surface area contributed by atoms with Crippen molar-refractivity contribution in [3.8, 4) is 0 Å². The Morgan fingerprint density at radius 1 is 1.09 bits per heavy atom. The van der Waals surface area contributed by atoms with Gasteiger partial charge in [-0.25, -0.2) is 4.39 Å². The van der Waals surface area contributed by atoms with Crippen molar-refractivity contribution in [1.82, 2.24) is 5.32 Å². The molecule has 2 nitrogen and oxygen atoms in total. The van der Waals surface area contributed by atoms with Crippen molar-refractivity contribution in [3.05, 3.63) is 65.5 Å². The van der Waals surface area contributed by atoms with Crippen LogP contribution in [0, 0.1) is 5.82 Å². The molecule has 0 unspecified atom stereocenters. The zero-order valence-electron chi connectivity index (χ0n) is 13.8. The molecule has 1 aliphatic rings. The van der Waals surface area contributed by atoms with E-state index in [1.54, 1.807) is 6.07 Å². The highest BCUT2D eigenvalue weighted by Gasteiger charge is 2.17. The summed E-state index contributed by atoms with van der Waals surface area (Å²) in [5, 5.41) is 3.48. The summed E-state index contributed by atoms with van der Waals surface area (Å²) < 4.78 is 14.4. The van der Waals surface area contributed by atoms with Crippen LogP contribution in [0.3, 0.4) is 0 Å². The van der Waals surface area contributed by atoms with Gasteiger partial charge in [0.2, 0.25) is 0 Å². The minimum atomic E-state index is -0.0962. The van der Waals surface area contributed by atoms with Gasteiger partial charge in [-0.3, -0.25) is 0 Å². The second-order valence-electron chi connectivity index (χ2n) is 6.32. The van der Waals surface area contributed by atoms with Crippen molar-refractivity contribution in [2.24, 2.45) is 0 Å². The predicted octanol–water partition coefficient (Wildman–Crippen LogP) is 4.32. The van der Waals surface area contributed by atoms with E-state index in [2.05, 4.69) is 47.5 Å². The minimum Gasteiger partial charge on any atom is -0.369 e. The topological polar surface area (TPSA) is 15.3 Å². The third kappa shape index (κ3) is 4.11. The number of benzene rings is 2. The summed E-state index contributed by atoms with van der Waals surface area (Å²) in [6, 6.07) is 16.3. The Morgan fingerprint density at radius 3 is 2.52 bits per heavy atom. The summed E-state index contributed by atoms with van der Waals surface area (Å²) in [5.74, 6) is -0.0962. The smallest absolute Gasteiger partial charge is 0.146 e. The van der Waals surface area contributed by atoms with Gasteiger partial charge in [-0.1, -0.05) is 36.4 Å². The maximum atomic E-state index is 14.4. The number of halogens is 1. The molecule has 0 amide bonds. The van der Waals surface area contributed by atoms with Gasteiger partial charge in [0.1, 0.15) is 5.82 Å². The molecule has 0 aromatic heterocycles. The molecule has 0 saturated carbocycles. The molecule has 0 spiro atoms. The first-order valence-electron chi connectivity index (χ1n) is 8.56. The van der Waals surface area contributed by atoms with E-state index in [0.29, 0.717) is 0 Å². The molecule has 1 atom stereocenters. The molecule has 0 bridgehead atoms. The maximum absolute atomic E-state index is 14.4. The Hall–Kier alpha value is -1.87. The highest BCUT2D eigenvalue weighted by Crippen LogP contribution is 2.26. The van der Waals surface area contributed by atoms with E-state index in [1.807, 2.05) is 12.1 Å². The SMILES string of the molecule is C[C@@H](NCCc1ccccc1)c1ccc(N2CCCC2)c(F)c1. The van der Waals surface area contributed by atoms with Gasteiger partial charge < -0.3 is 10.2 Å². The molecular formula is C20H25FN2. The minimum absolute atomic E-state index is 0.0962. The van der Waals surface area contributed by atoms with E-state index in [-0.39, 0.29) is 11.9 Å². The van der Waals surface area contributed by atoms with Crippen LogP contribution in [0.5, 0.6) is 0 Å². The van der Waals surface area contributed by atoms with Crippen LogP contribution < -0.4 is 10.2 Å². The average Bonchev–Trinajstić information content (AvgIpc) is 3.10. The zero-order chi connectivity index (χ0) is 16.1. The second-order valence-corrected chi connectivity index (χ2v) is 6.32. The van der Waals surface area contributed by atoms with E-state index < -0.39 is 0 Å². The molecule has 1 aliphatic heterocycles. The average molecular weight is 312 g/mol. The fourth-order valence-corrected chi connectivity index (χ4v) is 3.20.